The standard InChI is InChI=1S/C20H27NO3/c1-13(7-8-14-5-3-2-4-6-14)21-19(22)17-15-9-11-16(12-10-15)18(17)20(23)24/h2-6,13,15-18H,7-12H2,1H3,(H,21,22)(H,23,24)/t13-,15?,16?,17-,18+/m1/s1. The lowest BCUT2D eigenvalue weighted by molar-refractivity contribution is -0.158. The number of hydrogen-bond donors (Lipinski definition) is 2. The number of rotatable bonds is 6. The number of carboxylic acid groups (broad SMARTS) is 1. The lowest BCUT2D eigenvalue weighted by Crippen LogP contribution is -2.52. The van der Waals surface area contributed by atoms with Crippen LogP contribution >= 0.6 is 0 Å². The van der Waals surface area contributed by atoms with Gasteiger partial charge in [0.15, 0.2) is 0 Å². The zero-order chi connectivity index (χ0) is 17.1. The van der Waals surface area contributed by atoms with Crippen LogP contribution in [0.3, 0.4) is 0 Å². The molecule has 0 heterocycles. The van der Waals surface area contributed by atoms with E-state index in [2.05, 4.69) is 17.4 Å². The Morgan fingerprint density at radius 1 is 1.08 bits per heavy atom. The first-order valence-electron chi connectivity index (χ1n) is 9.13. The highest BCUT2D eigenvalue weighted by Gasteiger charge is 2.50. The number of nitrogens with one attached hydrogen (secondary N) is 1. The first kappa shape index (κ1) is 17.0. The number of aryl methyl sites for hydroxylation is 1. The summed E-state index contributed by atoms with van der Waals surface area (Å²) < 4.78 is 0. The van der Waals surface area contributed by atoms with Gasteiger partial charge in [-0.25, -0.2) is 0 Å². The monoisotopic (exact) mass is 329 g/mol. The third-order valence-electron chi connectivity index (χ3n) is 5.90. The third-order valence-corrected chi connectivity index (χ3v) is 5.90. The minimum atomic E-state index is -0.790. The Labute approximate surface area is 143 Å². The SMILES string of the molecule is C[C@H](CCc1ccccc1)NC(=O)[C@@H]1C2CCC(CC2)[C@@H]1C(=O)O. The van der Waals surface area contributed by atoms with Crippen molar-refractivity contribution in [3.63, 3.8) is 0 Å². The smallest absolute Gasteiger partial charge is 0.307 e. The second-order valence-corrected chi connectivity index (χ2v) is 7.50. The van der Waals surface area contributed by atoms with Crippen LogP contribution < -0.4 is 5.32 Å². The van der Waals surface area contributed by atoms with Gasteiger partial charge in [-0.1, -0.05) is 30.3 Å². The van der Waals surface area contributed by atoms with Crippen molar-refractivity contribution >= 4 is 11.9 Å². The van der Waals surface area contributed by atoms with E-state index in [0.717, 1.165) is 38.5 Å². The molecule has 2 bridgehead atoms. The van der Waals surface area contributed by atoms with E-state index >= 15 is 0 Å². The molecule has 4 nitrogen and oxygen atoms in total. The Hall–Kier alpha value is -1.84. The molecule has 3 aliphatic carbocycles. The van der Waals surface area contributed by atoms with Gasteiger partial charge in [-0.3, -0.25) is 9.59 Å². The van der Waals surface area contributed by atoms with Crippen molar-refractivity contribution in [3.05, 3.63) is 35.9 Å². The summed E-state index contributed by atoms with van der Waals surface area (Å²) in [6, 6.07) is 10.3. The molecule has 2 N–H and O–H groups in total. The van der Waals surface area contributed by atoms with Gasteiger partial charge in [-0.05, 0) is 62.8 Å². The van der Waals surface area contributed by atoms with E-state index in [-0.39, 0.29) is 29.7 Å². The van der Waals surface area contributed by atoms with Crippen molar-refractivity contribution in [2.24, 2.45) is 23.7 Å². The molecule has 4 heteroatoms. The summed E-state index contributed by atoms with van der Waals surface area (Å²) in [5.74, 6) is -1.23. The Morgan fingerprint density at radius 3 is 2.25 bits per heavy atom. The minimum absolute atomic E-state index is 0.0441. The second-order valence-electron chi connectivity index (χ2n) is 7.50. The summed E-state index contributed by atoms with van der Waals surface area (Å²) in [5, 5.41) is 12.7. The van der Waals surface area contributed by atoms with Gasteiger partial charge < -0.3 is 10.4 Å². The van der Waals surface area contributed by atoms with Gasteiger partial charge in [0.05, 0.1) is 11.8 Å². The van der Waals surface area contributed by atoms with Gasteiger partial charge in [-0.2, -0.15) is 0 Å². The lowest BCUT2D eigenvalue weighted by atomic mass is 9.58. The van der Waals surface area contributed by atoms with Crippen LogP contribution in [0.1, 0.15) is 44.6 Å². The molecule has 0 spiro atoms. The predicted molar refractivity (Wildman–Crippen MR) is 92.4 cm³/mol. The topological polar surface area (TPSA) is 66.4 Å². The molecule has 1 aromatic rings. The van der Waals surface area contributed by atoms with Crippen LogP contribution in [0.4, 0.5) is 0 Å². The highest BCUT2D eigenvalue weighted by molar-refractivity contribution is 5.85. The number of carbonyl (C=O) groups excluding carboxylic acids is 1. The van der Waals surface area contributed by atoms with Crippen LogP contribution in [-0.4, -0.2) is 23.0 Å². The van der Waals surface area contributed by atoms with Gasteiger partial charge >= 0.3 is 5.97 Å². The Kier molecular flexibility index (Phi) is 5.22. The van der Waals surface area contributed by atoms with Crippen molar-refractivity contribution in [2.75, 3.05) is 0 Å². The van der Waals surface area contributed by atoms with Crippen LogP contribution in [0, 0.1) is 23.7 Å². The number of carboxylic acids is 1. The van der Waals surface area contributed by atoms with E-state index in [0.29, 0.717) is 0 Å². The molecule has 1 aromatic carbocycles. The molecule has 3 aliphatic rings. The highest BCUT2D eigenvalue weighted by atomic mass is 16.4. The summed E-state index contributed by atoms with van der Waals surface area (Å²) in [6.45, 7) is 2.01. The average molecular weight is 329 g/mol. The summed E-state index contributed by atoms with van der Waals surface area (Å²) in [7, 11) is 0. The first-order chi connectivity index (χ1) is 11.6. The van der Waals surface area contributed by atoms with E-state index in [1.54, 1.807) is 0 Å². The normalized spacial score (nSPS) is 29.9. The minimum Gasteiger partial charge on any atom is -0.481 e. The number of carbonyl (C=O) groups is 2. The quantitative estimate of drug-likeness (QED) is 0.842. The van der Waals surface area contributed by atoms with E-state index < -0.39 is 11.9 Å². The lowest BCUT2D eigenvalue weighted by Gasteiger charge is -2.46. The van der Waals surface area contributed by atoms with Crippen molar-refractivity contribution in [3.8, 4) is 0 Å². The molecule has 0 aliphatic heterocycles. The van der Waals surface area contributed by atoms with Crippen LogP contribution in [-0.2, 0) is 16.0 Å². The van der Waals surface area contributed by atoms with E-state index in [1.807, 2.05) is 25.1 Å². The predicted octanol–water partition coefficient (Wildman–Crippen LogP) is 3.26. The third kappa shape index (κ3) is 3.63. The molecular weight excluding hydrogens is 302 g/mol. The zero-order valence-corrected chi connectivity index (χ0v) is 14.3. The summed E-state index contributed by atoms with van der Waals surface area (Å²) in [6.07, 6.45) is 5.73. The Balaban J connectivity index is 1.58. The fourth-order valence-corrected chi connectivity index (χ4v) is 4.62. The Morgan fingerprint density at radius 2 is 1.67 bits per heavy atom. The van der Waals surface area contributed by atoms with Gasteiger partial charge in [-0.15, -0.1) is 0 Å². The van der Waals surface area contributed by atoms with Crippen LogP contribution in [0.2, 0.25) is 0 Å². The maximum absolute atomic E-state index is 12.8. The molecule has 3 saturated carbocycles. The molecule has 24 heavy (non-hydrogen) atoms. The first-order valence-corrected chi connectivity index (χ1v) is 9.13. The molecule has 3 fully saturated rings. The van der Waals surface area contributed by atoms with Crippen LogP contribution in [0.15, 0.2) is 30.3 Å². The number of amides is 1. The fraction of sp³-hybridized carbons (Fsp3) is 0.600. The fourth-order valence-electron chi connectivity index (χ4n) is 4.62. The summed E-state index contributed by atoms with van der Waals surface area (Å²) >= 11 is 0. The van der Waals surface area contributed by atoms with Crippen LogP contribution in [0.5, 0.6) is 0 Å². The average Bonchev–Trinajstić information content (AvgIpc) is 2.61. The maximum atomic E-state index is 12.8. The van der Waals surface area contributed by atoms with Crippen molar-refractivity contribution in [2.45, 2.75) is 51.5 Å². The van der Waals surface area contributed by atoms with Crippen LogP contribution in [0.25, 0.3) is 0 Å². The largest absolute Gasteiger partial charge is 0.481 e. The van der Waals surface area contributed by atoms with Gasteiger partial charge in [0.2, 0.25) is 5.91 Å². The summed E-state index contributed by atoms with van der Waals surface area (Å²) in [5.41, 5.74) is 1.26. The number of aliphatic carboxylic acids is 1. The molecule has 0 radical (unpaired) electrons. The Bertz CT molecular complexity index is 578. The van der Waals surface area contributed by atoms with Gasteiger partial charge in [0.25, 0.3) is 0 Å². The number of fused-ring (bicyclic) bond motifs is 3. The van der Waals surface area contributed by atoms with Crippen molar-refractivity contribution < 1.29 is 14.7 Å². The molecule has 0 saturated heterocycles. The number of benzene rings is 1. The van der Waals surface area contributed by atoms with E-state index in [4.69, 9.17) is 0 Å². The molecule has 4 rings (SSSR count). The van der Waals surface area contributed by atoms with Crippen molar-refractivity contribution in [1.29, 1.82) is 0 Å². The molecule has 0 aromatic heterocycles. The highest BCUT2D eigenvalue weighted by Crippen LogP contribution is 2.49. The van der Waals surface area contributed by atoms with Gasteiger partial charge in [0, 0.05) is 6.04 Å². The van der Waals surface area contributed by atoms with E-state index in [9.17, 15) is 14.7 Å². The maximum Gasteiger partial charge on any atom is 0.307 e. The molecule has 3 atom stereocenters. The second kappa shape index (κ2) is 7.37. The van der Waals surface area contributed by atoms with Crippen molar-refractivity contribution in [1.82, 2.24) is 5.32 Å². The van der Waals surface area contributed by atoms with Gasteiger partial charge in [0.1, 0.15) is 0 Å². The number of hydrogen-bond acceptors (Lipinski definition) is 2. The van der Waals surface area contributed by atoms with E-state index in [1.165, 1.54) is 5.56 Å². The molecular formula is C20H27NO3. The zero-order valence-electron chi connectivity index (χ0n) is 14.3. The summed E-state index contributed by atoms with van der Waals surface area (Å²) in [4.78, 5) is 24.4. The molecule has 130 valence electrons. The molecule has 0 unspecified atom stereocenters. The molecule has 1 amide bonds.